The number of hydrogen-bond donors (Lipinski definition) is 2. The molecule has 5 heteroatoms. The molecular formula is C15H27N3O2. The van der Waals surface area contributed by atoms with E-state index in [0.29, 0.717) is 24.1 Å². The predicted octanol–water partition coefficient (Wildman–Crippen LogP) is 2.24. The molecule has 0 spiro atoms. The zero-order chi connectivity index (χ0) is 15.1. The Morgan fingerprint density at radius 1 is 1.40 bits per heavy atom. The van der Waals surface area contributed by atoms with Gasteiger partial charge in [-0.15, -0.1) is 0 Å². The highest BCUT2D eigenvalue weighted by Gasteiger charge is 2.16. The molecule has 1 aromatic heterocycles. The summed E-state index contributed by atoms with van der Waals surface area (Å²) < 4.78 is 1.72. The molecule has 1 amide bonds. The van der Waals surface area contributed by atoms with E-state index in [1.807, 2.05) is 13.8 Å². The molecule has 5 nitrogen and oxygen atoms in total. The molecule has 0 saturated carbocycles. The lowest BCUT2D eigenvalue weighted by atomic mass is 9.94. The molecule has 0 aromatic carbocycles. The van der Waals surface area contributed by atoms with Crippen LogP contribution in [0.5, 0.6) is 0 Å². The molecule has 0 aliphatic carbocycles. The average Bonchev–Trinajstić information content (AvgIpc) is 2.84. The maximum absolute atomic E-state index is 12.2. The minimum atomic E-state index is -0.0945. The summed E-state index contributed by atoms with van der Waals surface area (Å²) >= 11 is 0. The van der Waals surface area contributed by atoms with E-state index >= 15 is 0 Å². The fourth-order valence-electron chi connectivity index (χ4n) is 2.39. The van der Waals surface area contributed by atoms with Gasteiger partial charge in [-0.3, -0.25) is 9.48 Å². The van der Waals surface area contributed by atoms with Crippen LogP contribution in [-0.2, 0) is 0 Å². The number of rotatable bonds is 8. The fourth-order valence-corrected chi connectivity index (χ4v) is 2.39. The predicted molar refractivity (Wildman–Crippen MR) is 79.6 cm³/mol. The van der Waals surface area contributed by atoms with Gasteiger partial charge in [-0.2, -0.15) is 5.10 Å². The zero-order valence-corrected chi connectivity index (χ0v) is 13.0. The topological polar surface area (TPSA) is 67.2 Å². The molecule has 2 N–H and O–H groups in total. The monoisotopic (exact) mass is 281 g/mol. The van der Waals surface area contributed by atoms with Gasteiger partial charge in [0.05, 0.1) is 0 Å². The van der Waals surface area contributed by atoms with Crippen LogP contribution in [0.2, 0.25) is 0 Å². The standard InChI is InChI=1S/C15H27N3O2/c1-11(2)9-13(6-8-19)10-16-15(20)14-5-7-17-18(14)12(3)4/h5,7,11-13,19H,6,8-10H2,1-4H3,(H,16,20). The van der Waals surface area contributed by atoms with Gasteiger partial charge in [0.15, 0.2) is 0 Å². The smallest absolute Gasteiger partial charge is 0.269 e. The SMILES string of the molecule is CC(C)CC(CCO)CNC(=O)c1ccnn1C(C)C. The van der Waals surface area contributed by atoms with Gasteiger partial charge < -0.3 is 10.4 Å². The largest absolute Gasteiger partial charge is 0.396 e. The highest BCUT2D eigenvalue weighted by atomic mass is 16.3. The molecule has 1 rings (SSSR count). The number of carbonyl (C=O) groups excluding carboxylic acids is 1. The Morgan fingerprint density at radius 2 is 2.10 bits per heavy atom. The van der Waals surface area contributed by atoms with Crippen LogP contribution >= 0.6 is 0 Å². The molecule has 0 radical (unpaired) electrons. The van der Waals surface area contributed by atoms with E-state index in [0.717, 1.165) is 12.8 Å². The lowest BCUT2D eigenvalue weighted by Gasteiger charge is -2.19. The van der Waals surface area contributed by atoms with E-state index in [4.69, 9.17) is 5.11 Å². The van der Waals surface area contributed by atoms with E-state index in [2.05, 4.69) is 24.3 Å². The summed E-state index contributed by atoms with van der Waals surface area (Å²) in [5.41, 5.74) is 0.590. The number of amides is 1. The second kappa shape index (κ2) is 8.04. The van der Waals surface area contributed by atoms with Gasteiger partial charge in [0.25, 0.3) is 5.91 Å². The van der Waals surface area contributed by atoms with Crippen molar-refractivity contribution in [2.45, 2.75) is 46.6 Å². The Kier molecular flexibility index (Phi) is 6.71. The Labute approximate surface area is 121 Å². The molecule has 0 saturated heterocycles. The Morgan fingerprint density at radius 3 is 2.65 bits per heavy atom. The highest BCUT2D eigenvalue weighted by Crippen LogP contribution is 2.15. The zero-order valence-electron chi connectivity index (χ0n) is 13.0. The summed E-state index contributed by atoms with van der Waals surface area (Å²) in [7, 11) is 0. The van der Waals surface area contributed by atoms with Crippen LogP contribution in [-0.4, -0.2) is 33.9 Å². The van der Waals surface area contributed by atoms with Gasteiger partial charge in [0, 0.05) is 25.4 Å². The van der Waals surface area contributed by atoms with Crippen LogP contribution in [0.1, 0.15) is 57.1 Å². The van der Waals surface area contributed by atoms with E-state index in [1.165, 1.54) is 0 Å². The number of aromatic nitrogens is 2. The van der Waals surface area contributed by atoms with Crippen molar-refractivity contribution in [1.29, 1.82) is 0 Å². The van der Waals surface area contributed by atoms with E-state index in [9.17, 15) is 4.79 Å². The number of nitrogens with zero attached hydrogens (tertiary/aromatic N) is 2. The van der Waals surface area contributed by atoms with Crippen molar-refractivity contribution < 1.29 is 9.90 Å². The summed E-state index contributed by atoms with van der Waals surface area (Å²) in [5, 5.41) is 16.2. The van der Waals surface area contributed by atoms with Gasteiger partial charge >= 0.3 is 0 Å². The first-order valence-corrected chi connectivity index (χ1v) is 7.38. The van der Waals surface area contributed by atoms with Crippen LogP contribution in [0.3, 0.4) is 0 Å². The molecule has 1 heterocycles. The van der Waals surface area contributed by atoms with Crippen molar-refractivity contribution >= 4 is 5.91 Å². The van der Waals surface area contributed by atoms with Crippen molar-refractivity contribution in [3.8, 4) is 0 Å². The molecule has 1 aromatic rings. The second-order valence-electron chi connectivity index (χ2n) is 5.97. The second-order valence-corrected chi connectivity index (χ2v) is 5.97. The highest BCUT2D eigenvalue weighted by molar-refractivity contribution is 5.92. The minimum Gasteiger partial charge on any atom is -0.396 e. The van der Waals surface area contributed by atoms with Crippen LogP contribution in [0, 0.1) is 11.8 Å². The first kappa shape index (κ1) is 16.7. The molecular weight excluding hydrogens is 254 g/mol. The molecule has 0 bridgehead atoms. The first-order chi connectivity index (χ1) is 9.45. The molecule has 20 heavy (non-hydrogen) atoms. The third kappa shape index (κ3) is 4.96. The number of carbonyl (C=O) groups is 1. The van der Waals surface area contributed by atoms with E-state index in [1.54, 1.807) is 16.9 Å². The molecule has 114 valence electrons. The van der Waals surface area contributed by atoms with E-state index < -0.39 is 0 Å². The van der Waals surface area contributed by atoms with E-state index in [-0.39, 0.29) is 18.6 Å². The number of nitrogens with one attached hydrogen (secondary N) is 1. The lowest BCUT2D eigenvalue weighted by Crippen LogP contribution is -2.32. The van der Waals surface area contributed by atoms with Crippen molar-refractivity contribution in [1.82, 2.24) is 15.1 Å². The fraction of sp³-hybridized carbons (Fsp3) is 0.733. The van der Waals surface area contributed by atoms with Crippen LogP contribution < -0.4 is 5.32 Å². The summed E-state index contributed by atoms with van der Waals surface area (Å²) in [6.45, 7) is 9.06. The molecule has 0 aliphatic rings. The first-order valence-electron chi connectivity index (χ1n) is 7.38. The van der Waals surface area contributed by atoms with Gasteiger partial charge in [-0.25, -0.2) is 0 Å². The van der Waals surface area contributed by atoms with Crippen LogP contribution in [0.15, 0.2) is 12.3 Å². The van der Waals surface area contributed by atoms with Crippen molar-refractivity contribution in [3.05, 3.63) is 18.0 Å². The summed E-state index contributed by atoms with van der Waals surface area (Å²) in [4.78, 5) is 12.2. The van der Waals surface area contributed by atoms with Crippen LogP contribution in [0.25, 0.3) is 0 Å². The maximum Gasteiger partial charge on any atom is 0.269 e. The Hall–Kier alpha value is -1.36. The molecule has 0 aliphatic heterocycles. The lowest BCUT2D eigenvalue weighted by molar-refractivity contribution is 0.0928. The van der Waals surface area contributed by atoms with Gasteiger partial charge in [-0.1, -0.05) is 13.8 Å². The summed E-state index contributed by atoms with van der Waals surface area (Å²) in [5.74, 6) is 0.784. The van der Waals surface area contributed by atoms with Crippen molar-refractivity contribution in [3.63, 3.8) is 0 Å². The average molecular weight is 281 g/mol. The third-order valence-electron chi connectivity index (χ3n) is 3.29. The Bertz CT molecular complexity index is 413. The third-order valence-corrected chi connectivity index (χ3v) is 3.29. The molecule has 0 fully saturated rings. The molecule has 1 atom stereocenters. The Balaban J connectivity index is 2.58. The van der Waals surface area contributed by atoms with Crippen molar-refractivity contribution in [2.24, 2.45) is 11.8 Å². The minimum absolute atomic E-state index is 0.0945. The summed E-state index contributed by atoms with van der Waals surface area (Å²) in [6.07, 6.45) is 3.38. The number of aliphatic hydroxyl groups is 1. The molecule has 1 unspecified atom stereocenters. The normalized spacial score (nSPS) is 12.9. The number of aliphatic hydroxyl groups excluding tert-OH is 1. The summed E-state index contributed by atoms with van der Waals surface area (Å²) in [6, 6.07) is 1.90. The number of hydrogen-bond acceptors (Lipinski definition) is 3. The quantitative estimate of drug-likeness (QED) is 0.768. The van der Waals surface area contributed by atoms with Gasteiger partial charge in [0.1, 0.15) is 5.69 Å². The van der Waals surface area contributed by atoms with Gasteiger partial charge in [0.2, 0.25) is 0 Å². The van der Waals surface area contributed by atoms with Crippen LogP contribution in [0.4, 0.5) is 0 Å². The maximum atomic E-state index is 12.2. The van der Waals surface area contributed by atoms with Gasteiger partial charge in [-0.05, 0) is 44.6 Å². The van der Waals surface area contributed by atoms with Crippen molar-refractivity contribution in [2.75, 3.05) is 13.2 Å².